The Hall–Kier alpha value is -1.70. The molecule has 0 aliphatic carbocycles. The van der Waals surface area contributed by atoms with Gasteiger partial charge in [-0.2, -0.15) is 0 Å². The van der Waals surface area contributed by atoms with Crippen LogP contribution in [-0.2, 0) is 33.3 Å². The molecule has 20 nitrogen and oxygen atoms in total. The highest BCUT2D eigenvalue weighted by molar-refractivity contribution is 5.76. The van der Waals surface area contributed by atoms with Gasteiger partial charge >= 0.3 is 5.97 Å². The topological polar surface area (TPSA) is 335 Å². The molecule has 1 amide bonds. The Morgan fingerprint density at radius 1 is 0.907 bits per heavy atom. The molecule has 0 radical (unpaired) electrons. The van der Waals surface area contributed by atoms with Crippen LogP contribution in [0.5, 0.6) is 0 Å². The summed E-state index contributed by atoms with van der Waals surface area (Å²) in [7, 11) is 0. The van der Waals surface area contributed by atoms with Gasteiger partial charge < -0.3 is 90.3 Å². The first-order valence-electron chi connectivity index (χ1n) is 13.2. The fraction of sp³-hybridized carbons (Fsp3) is 0.913. The zero-order valence-electron chi connectivity index (χ0n) is 22.7. The van der Waals surface area contributed by atoms with Crippen LogP contribution in [0.1, 0.15) is 13.3 Å². The molecular formula is C23H39NO19. The van der Waals surface area contributed by atoms with E-state index in [0.717, 1.165) is 6.92 Å². The van der Waals surface area contributed by atoms with E-state index in [4.69, 9.17) is 23.7 Å². The highest BCUT2D eigenvalue weighted by Crippen LogP contribution is 2.38. The van der Waals surface area contributed by atoms with Gasteiger partial charge in [-0.25, -0.2) is 4.79 Å². The summed E-state index contributed by atoms with van der Waals surface area (Å²) in [6.45, 7) is -1.85. The number of ether oxygens (including phenoxy) is 5. The summed E-state index contributed by atoms with van der Waals surface area (Å²) in [4.78, 5) is 24.3. The molecule has 0 bridgehead atoms. The molecule has 16 atom stereocenters. The lowest BCUT2D eigenvalue weighted by Gasteiger charge is -2.50. The predicted molar refractivity (Wildman–Crippen MR) is 130 cm³/mol. The van der Waals surface area contributed by atoms with Crippen molar-refractivity contribution < 1.29 is 94.6 Å². The summed E-state index contributed by atoms with van der Waals surface area (Å²) in [6.07, 6.45) is -27.8. The quantitative estimate of drug-likeness (QED) is 0.100. The first-order chi connectivity index (χ1) is 20.1. The van der Waals surface area contributed by atoms with Crippen molar-refractivity contribution in [3.05, 3.63) is 0 Å². The molecule has 3 saturated heterocycles. The molecule has 0 aromatic heterocycles. The third-order valence-corrected chi connectivity index (χ3v) is 7.47. The van der Waals surface area contributed by atoms with E-state index in [9.17, 15) is 70.9 Å². The summed E-state index contributed by atoms with van der Waals surface area (Å²) < 4.78 is 26.8. The fourth-order valence-electron chi connectivity index (χ4n) is 5.16. The van der Waals surface area contributed by atoms with Crippen LogP contribution in [-0.4, -0.2) is 191 Å². The van der Waals surface area contributed by atoms with E-state index < -0.39 is 136 Å². The summed E-state index contributed by atoms with van der Waals surface area (Å²) in [5, 5.41) is 124. The largest absolute Gasteiger partial charge is 0.477 e. The third-order valence-electron chi connectivity index (χ3n) is 7.47. The molecule has 13 N–H and O–H groups in total. The lowest BCUT2D eigenvalue weighted by atomic mass is 9.88. The van der Waals surface area contributed by atoms with Gasteiger partial charge in [-0.1, -0.05) is 0 Å². The first kappa shape index (κ1) is 35.8. The molecule has 43 heavy (non-hydrogen) atoms. The number of amides is 1. The van der Waals surface area contributed by atoms with Crippen molar-refractivity contribution in [1.82, 2.24) is 5.32 Å². The number of aliphatic carboxylic acids is 1. The van der Waals surface area contributed by atoms with Crippen molar-refractivity contribution >= 4 is 11.9 Å². The molecule has 3 rings (SSSR count). The Bertz CT molecular complexity index is 942. The first-order valence-corrected chi connectivity index (χ1v) is 13.2. The molecule has 3 fully saturated rings. The minimum Gasteiger partial charge on any atom is -0.477 e. The maximum absolute atomic E-state index is 12.5. The van der Waals surface area contributed by atoms with Gasteiger partial charge in [0.15, 0.2) is 12.6 Å². The van der Waals surface area contributed by atoms with Crippen molar-refractivity contribution in [2.24, 2.45) is 0 Å². The van der Waals surface area contributed by atoms with Gasteiger partial charge in [-0.15, -0.1) is 0 Å². The number of aliphatic hydroxyl groups is 11. The molecule has 20 heteroatoms. The number of hydrogen-bond acceptors (Lipinski definition) is 18. The maximum Gasteiger partial charge on any atom is 0.364 e. The van der Waals surface area contributed by atoms with Crippen LogP contribution in [0.3, 0.4) is 0 Å². The lowest BCUT2D eigenvalue weighted by Crippen LogP contribution is -2.70. The number of rotatable bonds is 11. The Kier molecular flexibility index (Phi) is 12.1. The van der Waals surface area contributed by atoms with Gasteiger partial charge in [0.25, 0.3) is 5.79 Å². The molecule has 250 valence electrons. The van der Waals surface area contributed by atoms with Gasteiger partial charge in [0, 0.05) is 13.3 Å². The van der Waals surface area contributed by atoms with Crippen molar-refractivity contribution in [2.45, 2.75) is 111 Å². The maximum atomic E-state index is 12.5. The number of carbonyl (C=O) groups excluding carboxylic acids is 1. The van der Waals surface area contributed by atoms with Gasteiger partial charge in [0.05, 0.1) is 32.0 Å². The lowest BCUT2D eigenvalue weighted by molar-refractivity contribution is -0.385. The Morgan fingerprint density at radius 3 is 2.07 bits per heavy atom. The van der Waals surface area contributed by atoms with E-state index >= 15 is 0 Å². The second-order valence-electron chi connectivity index (χ2n) is 10.5. The Morgan fingerprint density at radius 2 is 1.53 bits per heavy atom. The number of aliphatic hydroxyl groups excluding tert-OH is 11. The van der Waals surface area contributed by atoms with E-state index in [1.54, 1.807) is 0 Å². The van der Waals surface area contributed by atoms with E-state index in [1.165, 1.54) is 0 Å². The number of carboxylic acid groups (broad SMARTS) is 1. The van der Waals surface area contributed by atoms with Crippen molar-refractivity contribution in [2.75, 3.05) is 19.8 Å². The van der Waals surface area contributed by atoms with E-state index in [1.807, 2.05) is 0 Å². The Labute approximate surface area is 243 Å². The summed E-state index contributed by atoms with van der Waals surface area (Å²) in [5.41, 5.74) is 0. The Balaban J connectivity index is 1.94. The number of hydrogen-bond donors (Lipinski definition) is 13. The normalized spacial score (nSPS) is 45.3. The zero-order valence-corrected chi connectivity index (χ0v) is 22.7. The van der Waals surface area contributed by atoms with Crippen LogP contribution in [0, 0.1) is 0 Å². The molecule has 0 saturated carbocycles. The van der Waals surface area contributed by atoms with Crippen LogP contribution < -0.4 is 5.32 Å². The smallest absolute Gasteiger partial charge is 0.364 e. The van der Waals surface area contributed by atoms with Gasteiger partial charge in [-0.05, 0) is 0 Å². The molecule has 3 heterocycles. The van der Waals surface area contributed by atoms with Gasteiger partial charge in [0.2, 0.25) is 5.91 Å². The monoisotopic (exact) mass is 633 g/mol. The average molecular weight is 634 g/mol. The van der Waals surface area contributed by atoms with E-state index in [0.29, 0.717) is 0 Å². The average Bonchev–Trinajstić information content (AvgIpc) is 2.96. The number of carbonyl (C=O) groups is 2. The van der Waals surface area contributed by atoms with Gasteiger partial charge in [-0.3, -0.25) is 4.79 Å². The second kappa shape index (κ2) is 14.6. The molecular weight excluding hydrogens is 594 g/mol. The minimum atomic E-state index is -3.02. The molecule has 0 aromatic rings. The number of nitrogens with one attached hydrogen (secondary N) is 1. The SMILES string of the molecule is CC(=O)N[C@@H]1[C@@H]([C@@H](O)[C@@H](O)CO)O[C@](O[C@H]2[C@@H](O)[C@@H](O[C@@H]3[C@@H](O)[C@@H](O)[C@@H](O)O[C@@H]3CO)O[C@H](CO)[C@H]2O)(C(=O)O)C[C@@H]1O. The van der Waals surface area contributed by atoms with Gasteiger partial charge in [0.1, 0.15) is 67.1 Å². The second-order valence-corrected chi connectivity index (χ2v) is 10.5. The fourth-order valence-corrected chi connectivity index (χ4v) is 5.16. The standard InChI is InChI=1S/C23H39NO19/c1-6(28)24-11-7(29)2-23(22(37)38,42-18(11)12(31)8(30)3-25)43-19-13(32)9(4-26)40-21(16(19)35)41-17-10(5-27)39-20(36)15(34)14(17)33/h7-21,25-27,29-36H,2-5H2,1H3,(H,24,28)(H,37,38)/t7-,8-,9+,10+,11-,12-,13+,14-,15+,16+,17-,18-,19+,20-,21+,23+/m0/s1. The van der Waals surface area contributed by atoms with Crippen LogP contribution in [0.2, 0.25) is 0 Å². The zero-order chi connectivity index (χ0) is 32.4. The van der Waals surface area contributed by atoms with E-state index in [2.05, 4.69) is 5.32 Å². The van der Waals surface area contributed by atoms with Crippen LogP contribution in [0.15, 0.2) is 0 Å². The van der Waals surface area contributed by atoms with Crippen LogP contribution in [0.4, 0.5) is 0 Å². The van der Waals surface area contributed by atoms with Crippen LogP contribution in [0.25, 0.3) is 0 Å². The van der Waals surface area contributed by atoms with Crippen molar-refractivity contribution in [3.8, 4) is 0 Å². The molecule has 0 aromatic carbocycles. The molecule has 3 aliphatic rings. The highest BCUT2D eigenvalue weighted by atomic mass is 16.8. The highest BCUT2D eigenvalue weighted by Gasteiger charge is 2.60. The summed E-state index contributed by atoms with van der Waals surface area (Å²) >= 11 is 0. The molecule has 3 aliphatic heterocycles. The van der Waals surface area contributed by atoms with Crippen molar-refractivity contribution in [3.63, 3.8) is 0 Å². The van der Waals surface area contributed by atoms with Crippen molar-refractivity contribution in [1.29, 1.82) is 0 Å². The van der Waals surface area contributed by atoms with E-state index in [-0.39, 0.29) is 0 Å². The molecule has 0 unspecified atom stereocenters. The minimum absolute atomic E-state index is 0.749. The number of carboxylic acids is 1. The summed E-state index contributed by atoms with van der Waals surface area (Å²) in [5.74, 6) is -5.74. The third kappa shape index (κ3) is 7.41. The molecule has 0 spiro atoms. The van der Waals surface area contributed by atoms with Crippen LogP contribution >= 0.6 is 0 Å². The summed E-state index contributed by atoms with van der Waals surface area (Å²) in [6, 6.07) is -1.54. The predicted octanol–water partition coefficient (Wildman–Crippen LogP) is -8.22.